The first-order valence-electron chi connectivity index (χ1n) is 4.69. The highest BCUT2D eigenvalue weighted by Crippen LogP contribution is 2.24. The summed E-state index contributed by atoms with van der Waals surface area (Å²) in [6, 6.07) is 3.63. The van der Waals surface area contributed by atoms with Gasteiger partial charge in [0.05, 0.1) is 17.3 Å². The topological polar surface area (TPSA) is 102 Å². The summed E-state index contributed by atoms with van der Waals surface area (Å²) in [7, 11) is 1.47. The lowest BCUT2D eigenvalue weighted by molar-refractivity contribution is -0.385. The van der Waals surface area contributed by atoms with E-state index in [4.69, 9.17) is 4.74 Å². The molecule has 1 aromatic rings. The molecule has 0 N–H and O–H groups in total. The third kappa shape index (κ3) is 3.72. The molecule has 0 amide bonds. The van der Waals surface area contributed by atoms with Crippen molar-refractivity contribution in [2.75, 3.05) is 13.7 Å². The van der Waals surface area contributed by atoms with E-state index in [1.807, 2.05) is 0 Å². The predicted octanol–water partition coefficient (Wildman–Crippen LogP) is 0.506. The Morgan fingerprint density at radius 1 is 1.47 bits per heavy atom. The van der Waals surface area contributed by atoms with E-state index in [1.165, 1.54) is 19.2 Å². The van der Waals surface area contributed by atoms with Crippen molar-refractivity contribution in [1.82, 2.24) is 0 Å². The lowest BCUT2D eigenvalue weighted by Crippen LogP contribution is -2.27. The van der Waals surface area contributed by atoms with Crippen LogP contribution in [-0.2, 0) is 11.2 Å². The number of nitrogens with zero attached hydrogens (tertiary/aromatic N) is 1. The van der Waals surface area contributed by atoms with Crippen molar-refractivity contribution >= 4 is 11.8 Å². The van der Waals surface area contributed by atoms with E-state index >= 15 is 0 Å². The van der Waals surface area contributed by atoms with Crippen LogP contribution in [0.4, 0.5) is 10.5 Å². The number of carbonyl (C=O) groups is 1. The molecule has 7 heteroatoms. The number of nitro benzene ring substituents is 1. The summed E-state index contributed by atoms with van der Waals surface area (Å²) in [4.78, 5) is 20.3. The van der Waals surface area contributed by atoms with Crippen LogP contribution >= 0.6 is 0 Å². The molecule has 1 aromatic carbocycles. The summed E-state index contributed by atoms with van der Waals surface area (Å²) >= 11 is 0. The molecule has 0 saturated heterocycles. The third-order valence-electron chi connectivity index (χ3n) is 2.02. The van der Waals surface area contributed by atoms with Crippen molar-refractivity contribution in [1.29, 1.82) is 0 Å². The Hall–Kier alpha value is -2.15. The van der Waals surface area contributed by atoms with Crippen LogP contribution in [0.5, 0.6) is 5.75 Å². The fourth-order valence-corrected chi connectivity index (χ4v) is 1.28. The minimum atomic E-state index is -1.71. The van der Waals surface area contributed by atoms with E-state index in [-0.39, 0.29) is 11.4 Å². The fourth-order valence-electron chi connectivity index (χ4n) is 1.28. The molecule has 0 aliphatic heterocycles. The second-order valence-corrected chi connectivity index (χ2v) is 3.14. The smallest absolute Gasteiger partial charge is 0.269 e. The number of carbonyl (C=O) groups excluding carboxylic acids is 1. The quantitative estimate of drug-likeness (QED) is 0.321. The molecule has 17 heavy (non-hydrogen) atoms. The zero-order valence-electron chi connectivity index (χ0n) is 9.04. The van der Waals surface area contributed by atoms with Gasteiger partial charge in [0.15, 0.2) is 0 Å². The maximum absolute atomic E-state index is 10.6. The van der Waals surface area contributed by atoms with Crippen molar-refractivity contribution in [3.63, 3.8) is 0 Å². The number of methoxy groups -OCH3 is 1. The number of hydrogen-bond donors (Lipinski definition) is 0. The minimum Gasteiger partial charge on any atom is -0.514 e. The Morgan fingerprint density at radius 2 is 2.18 bits per heavy atom. The molecule has 0 saturated carbocycles. The SMILES string of the molecule is COCCc1cc([N+](=O)[O-])ccc1OC(=O)[O-]. The van der Waals surface area contributed by atoms with Crippen LogP contribution in [0.1, 0.15) is 5.56 Å². The van der Waals surface area contributed by atoms with Crippen molar-refractivity contribution < 1.29 is 24.3 Å². The average Bonchev–Trinajstić information content (AvgIpc) is 2.26. The van der Waals surface area contributed by atoms with Gasteiger partial charge < -0.3 is 19.4 Å². The lowest BCUT2D eigenvalue weighted by Gasteiger charge is -2.13. The minimum absolute atomic E-state index is 0.0210. The van der Waals surface area contributed by atoms with Gasteiger partial charge >= 0.3 is 0 Å². The summed E-state index contributed by atoms with van der Waals surface area (Å²) in [6.07, 6.45) is -1.40. The molecule has 7 nitrogen and oxygen atoms in total. The zero-order chi connectivity index (χ0) is 12.8. The second kappa shape index (κ2) is 5.80. The number of carboxylic acid groups (broad SMARTS) is 1. The van der Waals surface area contributed by atoms with Crippen LogP contribution < -0.4 is 9.84 Å². The molecule has 92 valence electrons. The Morgan fingerprint density at radius 3 is 2.71 bits per heavy atom. The van der Waals surface area contributed by atoms with Gasteiger partial charge in [0.25, 0.3) is 11.8 Å². The molecule has 0 spiro atoms. The monoisotopic (exact) mass is 240 g/mol. The normalized spacial score (nSPS) is 9.94. The van der Waals surface area contributed by atoms with E-state index < -0.39 is 11.1 Å². The molecule has 0 radical (unpaired) electrons. The molecule has 0 heterocycles. The molecule has 0 aromatic heterocycles. The highest BCUT2D eigenvalue weighted by atomic mass is 16.7. The van der Waals surface area contributed by atoms with Crippen molar-refractivity contribution in [2.45, 2.75) is 6.42 Å². The van der Waals surface area contributed by atoms with Gasteiger partial charge in [-0.25, -0.2) is 0 Å². The van der Waals surface area contributed by atoms with Crippen molar-refractivity contribution in [3.05, 3.63) is 33.9 Å². The molecule has 0 unspecified atom stereocenters. The second-order valence-electron chi connectivity index (χ2n) is 3.14. The van der Waals surface area contributed by atoms with Gasteiger partial charge in [0.2, 0.25) is 0 Å². The Bertz CT molecular complexity index is 431. The summed E-state index contributed by atoms with van der Waals surface area (Å²) in [5.74, 6) is 0.0210. The molecule has 0 atom stereocenters. The Kier molecular flexibility index (Phi) is 4.41. The van der Waals surface area contributed by atoms with Crippen LogP contribution in [0.15, 0.2) is 18.2 Å². The maximum atomic E-state index is 10.6. The van der Waals surface area contributed by atoms with E-state index in [1.54, 1.807) is 0 Å². The highest BCUT2D eigenvalue weighted by molar-refractivity contribution is 5.60. The first kappa shape index (κ1) is 12.9. The predicted molar refractivity (Wildman–Crippen MR) is 54.7 cm³/mol. The number of non-ortho nitro benzene ring substituents is 1. The molecular formula is C10H10NO6-. The average molecular weight is 240 g/mol. The van der Waals surface area contributed by atoms with E-state index in [0.29, 0.717) is 18.6 Å². The van der Waals surface area contributed by atoms with Gasteiger partial charge in [-0.15, -0.1) is 0 Å². The number of rotatable bonds is 5. The Balaban J connectivity index is 3.02. The van der Waals surface area contributed by atoms with E-state index in [9.17, 15) is 20.0 Å². The Labute approximate surface area is 96.7 Å². The first-order chi connectivity index (χ1) is 8.04. The summed E-state index contributed by atoms with van der Waals surface area (Å²) in [5.41, 5.74) is 0.243. The van der Waals surface area contributed by atoms with Crippen LogP contribution in [0.2, 0.25) is 0 Å². The summed E-state index contributed by atoms with van der Waals surface area (Å²) in [5, 5.41) is 20.9. The molecule has 0 fully saturated rings. The van der Waals surface area contributed by atoms with Gasteiger partial charge in [0, 0.05) is 19.2 Å². The van der Waals surface area contributed by atoms with Gasteiger partial charge in [-0.2, -0.15) is 0 Å². The van der Waals surface area contributed by atoms with E-state index in [2.05, 4.69) is 4.74 Å². The van der Waals surface area contributed by atoms with Crippen LogP contribution in [-0.4, -0.2) is 24.8 Å². The summed E-state index contributed by atoms with van der Waals surface area (Å²) in [6.45, 7) is 0.296. The molecule has 0 aliphatic rings. The summed E-state index contributed by atoms with van der Waals surface area (Å²) < 4.78 is 9.22. The lowest BCUT2D eigenvalue weighted by atomic mass is 10.1. The largest absolute Gasteiger partial charge is 0.514 e. The number of nitro groups is 1. The van der Waals surface area contributed by atoms with Crippen molar-refractivity contribution in [3.8, 4) is 5.75 Å². The maximum Gasteiger partial charge on any atom is 0.269 e. The first-order valence-corrected chi connectivity index (χ1v) is 4.69. The van der Waals surface area contributed by atoms with Crippen molar-refractivity contribution in [2.24, 2.45) is 0 Å². The molecule has 1 rings (SSSR count). The van der Waals surface area contributed by atoms with Gasteiger partial charge in [-0.1, -0.05) is 0 Å². The molecule has 0 aliphatic carbocycles. The standard InChI is InChI=1S/C10H11NO6/c1-16-5-4-7-6-8(11(14)15)2-3-9(7)17-10(12)13/h2-3,6H,4-5H2,1H3,(H,12,13)/p-1. The third-order valence-corrected chi connectivity index (χ3v) is 2.02. The van der Waals surface area contributed by atoms with Crippen LogP contribution in [0, 0.1) is 10.1 Å². The zero-order valence-corrected chi connectivity index (χ0v) is 9.04. The van der Waals surface area contributed by atoms with Crippen LogP contribution in [0.3, 0.4) is 0 Å². The van der Waals surface area contributed by atoms with E-state index in [0.717, 1.165) is 6.07 Å². The number of ether oxygens (including phenoxy) is 2. The number of benzene rings is 1. The van der Waals surface area contributed by atoms with Gasteiger partial charge in [-0.3, -0.25) is 10.1 Å². The van der Waals surface area contributed by atoms with Gasteiger partial charge in [-0.05, 0) is 18.1 Å². The fraction of sp³-hybridized carbons (Fsp3) is 0.300. The van der Waals surface area contributed by atoms with Crippen LogP contribution in [0.25, 0.3) is 0 Å². The number of hydrogen-bond acceptors (Lipinski definition) is 6. The highest BCUT2D eigenvalue weighted by Gasteiger charge is 2.10. The molecular weight excluding hydrogens is 230 g/mol. The molecule has 0 bridgehead atoms. The van der Waals surface area contributed by atoms with Gasteiger partial charge in [0.1, 0.15) is 0 Å².